The van der Waals surface area contributed by atoms with Crippen LogP contribution in [0.5, 0.6) is 5.75 Å². The molecule has 0 radical (unpaired) electrons. The Morgan fingerprint density at radius 1 is 1.13 bits per heavy atom. The molecule has 1 unspecified atom stereocenters. The fourth-order valence-electron chi connectivity index (χ4n) is 2.91. The van der Waals surface area contributed by atoms with Crippen LogP contribution in [0, 0.1) is 5.92 Å². The third-order valence-electron chi connectivity index (χ3n) is 4.34. The van der Waals surface area contributed by atoms with E-state index in [9.17, 15) is 0 Å². The van der Waals surface area contributed by atoms with Gasteiger partial charge in [0.05, 0.1) is 0 Å². The molecule has 0 bridgehead atoms. The fourth-order valence-corrected chi connectivity index (χ4v) is 3.13. The summed E-state index contributed by atoms with van der Waals surface area (Å²) in [7, 11) is 2.19. The van der Waals surface area contributed by atoms with Gasteiger partial charge in [0.15, 0.2) is 0 Å². The van der Waals surface area contributed by atoms with E-state index in [1.165, 1.54) is 18.4 Å². The van der Waals surface area contributed by atoms with E-state index in [0.717, 1.165) is 36.1 Å². The Labute approximate surface area is 144 Å². The maximum atomic E-state index is 6.24. The summed E-state index contributed by atoms with van der Waals surface area (Å²) >= 11 is 4.40. The number of nitrogens with zero attached hydrogens (tertiary/aromatic N) is 1. The van der Waals surface area contributed by atoms with Crippen LogP contribution in [0.15, 0.2) is 59.5 Å². The first-order valence-corrected chi connectivity index (χ1v) is 8.83. The summed E-state index contributed by atoms with van der Waals surface area (Å²) in [6.07, 6.45) is 4.00. The second-order valence-electron chi connectivity index (χ2n) is 6.50. The van der Waals surface area contributed by atoms with Gasteiger partial charge in [0.2, 0.25) is 0 Å². The van der Waals surface area contributed by atoms with Gasteiger partial charge in [-0.05, 0) is 56.0 Å². The van der Waals surface area contributed by atoms with Gasteiger partial charge < -0.3 is 9.64 Å². The van der Waals surface area contributed by atoms with Gasteiger partial charge in [-0.1, -0.05) is 36.4 Å². The van der Waals surface area contributed by atoms with E-state index < -0.39 is 0 Å². The first-order chi connectivity index (χ1) is 11.2. The molecular weight excluding hydrogens is 302 g/mol. The van der Waals surface area contributed by atoms with E-state index in [4.69, 9.17) is 4.74 Å². The Balaban J connectivity index is 1.51. The fraction of sp³-hybridized carbons (Fsp3) is 0.400. The first-order valence-electron chi connectivity index (χ1n) is 8.39. The first kappa shape index (κ1) is 16.4. The van der Waals surface area contributed by atoms with Crippen LogP contribution >= 0.6 is 12.6 Å². The minimum Gasteiger partial charge on any atom is -0.490 e. The van der Waals surface area contributed by atoms with E-state index >= 15 is 0 Å². The molecule has 3 heteroatoms. The highest BCUT2D eigenvalue weighted by molar-refractivity contribution is 7.80. The minimum absolute atomic E-state index is 0.323. The van der Waals surface area contributed by atoms with Crippen LogP contribution in [0.3, 0.4) is 0 Å². The Morgan fingerprint density at radius 3 is 2.61 bits per heavy atom. The van der Waals surface area contributed by atoms with Crippen LogP contribution < -0.4 is 4.74 Å². The SMILES string of the molecule is CN(CCC(Oc1cccc(S)c1)C1CC1)Cc1ccccc1. The second-order valence-corrected chi connectivity index (χ2v) is 7.02. The van der Waals surface area contributed by atoms with Crippen molar-refractivity contribution < 1.29 is 4.74 Å². The van der Waals surface area contributed by atoms with Crippen molar-refractivity contribution in [1.82, 2.24) is 4.90 Å². The smallest absolute Gasteiger partial charge is 0.120 e. The summed E-state index contributed by atoms with van der Waals surface area (Å²) < 4.78 is 6.24. The van der Waals surface area contributed by atoms with Gasteiger partial charge in [0.1, 0.15) is 11.9 Å². The molecule has 0 aliphatic heterocycles. The highest BCUT2D eigenvalue weighted by Crippen LogP contribution is 2.36. The molecule has 0 aromatic heterocycles. The molecule has 1 aliphatic carbocycles. The van der Waals surface area contributed by atoms with Crippen molar-refractivity contribution in [2.24, 2.45) is 5.92 Å². The lowest BCUT2D eigenvalue weighted by Gasteiger charge is -2.23. The van der Waals surface area contributed by atoms with Gasteiger partial charge in [0, 0.05) is 18.0 Å². The monoisotopic (exact) mass is 327 g/mol. The van der Waals surface area contributed by atoms with Crippen molar-refractivity contribution in [3.63, 3.8) is 0 Å². The zero-order valence-electron chi connectivity index (χ0n) is 13.7. The molecule has 2 aromatic carbocycles. The summed E-state index contributed by atoms with van der Waals surface area (Å²) in [4.78, 5) is 3.33. The van der Waals surface area contributed by atoms with Crippen LogP contribution in [-0.4, -0.2) is 24.6 Å². The van der Waals surface area contributed by atoms with Gasteiger partial charge >= 0.3 is 0 Å². The van der Waals surface area contributed by atoms with E-state index in [1.807, 2.05) is 24.3 Å². The highest BCUT2D eigenvalue weighted by atomic mass is 32.1. The zero-order valence-corrected chi connectivity index (χ0v) is 14.6. The average Bonchev–Trinajstić information content (AvgIpc) is 3.37. The van der Waals surface area contributed by atoms with E-state index in [2.05, 4.69) is 54.9 Å². The molecule has 23 heavy (non-hydrogen) atoms. The molecule has 2 aromatic rings. The lowest BCUT2D eigenvalue weighted by atomic mass is 10.1. The number of ether oxygens (including phenoxy) is 1. The van der Waals surface area contributed by atoms with Crippen LogP contribution in [0.1, 0.15) is 24.8 Å². The van der Waals surface area contributed by atoms with E-state index in [0.29, 0.717) is 6.10 Å². The Morgan fingerprint density at radius 2 is 1.91 bits per heavy atom. The lowest BCUT2D eigenvalue weighted by Crippen LogP contribution is -2.27. The molecule has 1 aliphatic rings. The zero-order chi connectivity index (χ0) is 16.1. The van der Waals surface area contributed by atoms with Gasteiger partial charge in [-0.2, -0.15) is 0 Å². The molecule has 1 fully saturated rings. The predicted octanol–water partition coefficient (Wildman–Crippen LogP) is 4.65. The number of hydrogen-bond acceptors (Lipinski definition) is 3. The normalized spacial score (nSPS) is 15.6. The van der Waals surface area contributed by atoms with Gasteiger partial charge in [-0.3, -0.25) is 0 Å². The molecule has 3 rings (SSSR count). The summed E-state index contributed by atoms with van der Waals surface area (Å²) in [6, 6.07) is 18.7. The predicted molar refractivity (Wildman–Crippen MR) is 98.2 cm³/mol. The topological polar surface area (TPSA) is 12.5 Å². The Bertz CT molecular complexity index is 612. The second kappa shape index (κ2) is 7.89. The largest absolute Gasteiger partial charge is 0.490 e. The number of benzene rings is 2. The summed E-state index contributed by atoms with van der Waals surface area (Å²) in [5, 5.41) is 0. The molecule has 1 saturated carbocycles. The highest BCUT2D eigenvalue weighted by Gasteiger charge is 2.32. The van der Waals surface area contributed by atoms with Crippen molar-refractivity contribution in [3.05, 3.63) is 60.2 Å². The lowest BCUT2D eigenvalue weighted by molar-refractivity contribution is 0.148. The van der Waals surface area contributed by atoms with Crippen molar-refractivity contribution >= 4 is 12.6 Å². The summed E-state index contributed by atoms with van der Waals surface area (Å²) in [5.74, 6) is 1.67. The summed E-state index contributed by atoms with van der Waals surface area (Å²) in [6.45, 7) is 2.04. The van der Waals surface area contributed by atoms with Crippen molar-refractivity contribution in [1.29, 1.82) is 0 Å². The number of rotatable bonds is 8. The van der Waals surface area contributed by atoms with E-state index in [-0.39, 0.29) is 0 Å². The molecule has 1 atom stereocenters. The van der Waals surface area contributed by atoms with Gasteiger partial charge in [0.25, 0.3) is 0 Å². The van der Waals surface area contributed by atoms with Crippen molar-refractivity contribution in [3.8, 4) is 5.75 Å². The van der Waals surface area contributed by atoms with Crippen molar-refractivity contribution in [2.75, 3.05) is 13.6 Å². The minimum atomic E-state index is 0.323. The molecule has 0 saturated heterocycles. The van der Waals surface area contributed by atoms with Crippen LogP contribution in [-0.2, 0) is 6.54 Å². The van der Waals surface area contributed by atoms with Crippen LogP contribution in [0.25, 0.3) is 0 Å². The Kier molecular flexibility index (Phi) is 5.63. The van der Waals surface area contributed by atoms with Crippen molar-refractivity contribution in [2.45, 2.75) is 36.8 Å². The Hall–Kier alpha value is -1.45. The van der Waals surface area contributed by atoms with E-state index in [1.54, 1.807) is 0 Å². The third kappa shape index (κ3) is 5.29. The quantitative estimate of drug-likeness (QED) is 0.708. The average molecular weight is 327 g/mol. The van der Waals surface area contributed by atoms with Gasteiger partial charge in [-0.15, -0.1) is 12.6 Å². The molecule has 0 spiro atoms. The van der Waals surface area contributed by atoms with Crippen LogP contribution in [0.2, 0.25) is 0 Å². The van der Waals surface area contributed by atoms with Gasteiger partial charge in [-0.25, -0.2) is 0 Å². The molecule has 0 heterocycles. The molecule has 2 nitrogen and oxygen atoms in total. The molecule has 0 N–H and O–H groups in total. The number of hydrogen-bond donors (Lipinski definition) is 1. The van der Waals surface area contributed by atoms with Crippen LogP contribution in [0.4, 0.5) is 0 Å². The molecule has 122 valence electrons. The summed E-state index contributed by atoms with van der Waals surface area (Å²) in [5.41, 5.74) is 1.36. The maximum absolute atomic E-state index is 6.24. The molecule has 0 amide bonds. The maximum Gasteiger partial charge on any atom is 0.120 e. The third-order valence-corrected chi connectivity index (χ3v) is 4.62. The number of thiol groups is 1. The standard InChI is InChI=1S/C20H25NOS/c1-21(15-16-6-3-2-4-7-16)13-12-20(17-10-11-17)22-18-8-5-9-19(23)14-18/h2-9,14,17,20,23H,10-13,15H2,1H3. The molecular formula is C20H25NOS.